The zero-order valence-corrected chi connectivity index (χ0v) is 20.4. The Morgan fingerprint density at radius 2 is 1.88 bits per heavy atom. The van der Waals surface area contributed by atoms with E-state index >= 15 is 0 Å². The molecule has 34 heavy (non-hydrogen) atoms. The Labute approximate surface area is 209 Å². The molecule has 0 saturated carbocycles. The normalized spacial score (nSPS) is 17.6. The van der Waals surface area contributed by atoms with Gasteiger partial charge < -0.3 is 19.4 Å². The predicted molar refractivity (Wildman–Crippen MR) is 139 cm³/mol. The number of nitrogens with zero attached hydrogens (tertiary/aromatic N) is 2. The Kier molecular flexibility index (Phi) is 6.26. The third-order valence-corrected chi connectivity index (χ3v) is 6.70. The molecule has 5 nitrogen and oxygen atoms in total. The van der Waals surface area contributed by atoms with Crippen LogP contribution in [-0.4, -0.2) is 16.7 Å². The van der Waals surface area contributed by atoms with Crippen molar-refractivity contribution in [2.45, 2.75) is 25.9 Å². The van der Waals surface area contributed by atoms with Gasteiger partial charge in [0.1, 0.15) is 23.3 Å². The number of rotatable bonds is 6. The minimum Gasteiger partial charge on any atom is -0.494 e. The predicted octanol–water partition coefficient (Wildman–Crippen LogP) is 6.88. The van der Waals surface area contributed by atoms with Gasteiger partial charge in [-0.15, -0.1) is 0 Å². The molecule has 3 heterocycles. The highest BCUT2D eigenvalue weighted by molar-refractivity contribution is 7.80. The summed E-state index contributed by atoms with van der Waals surface area (Å²) in [5.41, 5.74) is 3.78. The molecule has 2 atom stereocenters. The molecular formula is C27H24ClN3O2S. The molecule has 4 aromatic rings. The molecule has 1 fully saturated rings. The lowest BCUT2D eigenvalue weighted by Crippen LogP contribution is -2.29. The standard InChI is InChI=1S/C27H24ClN3O2S/c1-3-32-19-12-10-18(11-13-19)31-26(25(30-27(31)34)22-9-4-5-16-29-22)24-15-14-23(33-24)20-7-6-8-21(28)17(20)2/h4-16,25-26H,3H2,1-2H3,(H,30,34)/t25-,26+/m0/s1. The van der Waals surface area contributed by atoms with Crippen LogP contribution in [0.4, 0.5) is 5.69 Å². The van der Waals surface area contributed by atoms with Crippen LogP contribution >= 0.6 is 23.8 Å². The Balaban J connectivity index is 1.58. The highest BCUT2D eigenvalue weighted by Crippen LogP contribution is 2.43. The fourth-order valence-electron chi connectivity index (χ4n) is 4.32. The van der Waals surface area contributed by atoms with E-state index in [2.05, 4.69) is 15.2 Å². The van der Waals surface area contributed by atoms with Crippen LogP contribution in [0.1, 0.15) is 36.0 Å². The summed E-state index contributed by atoms with van der Waals surface area (Å²) >= 11 is 12.2. The van der Waals surface area contributed by atoms with E-state index in [4.69, 9.17) is 33.0 Å². The monoisotopic (exact) mass is 489 g/mol. The van der Waals surface area contributed by atoms with Crippen LogP contribution < -0.4 is 15.0 Å². The Bertz CT molecular complexity index is 1310. The van der Waals surface area contributed by atoms with E-state index in [-0.39, 0.29) is 12.1 Å². The van der Waals surface area contributed by atoms with Gasteiger partial charge >= 0.3 is 0 Å². The first-order valence-corrected chi connectivity index (χ1v) is 11.9. The number of nitrogens with one attached hydrogen (secondary N) is 1. The number of ether oxygens (including phenoxy) is 1. The number of thiocarbonyl (C=S) groups is 1. The summed E-state index contributed by atoms with van der Waals surface area (Å²) in [4.78, 5) is 6.68. The maximum atomic E-state index is 6.45. The van der Waals surface area contributed by atoms with Gasteiger partial charge in [-0.3, -0.25) is 4.98 Å². The van der Waals surface area contributed by atoms with Crippen molar-refractivity contribution in [1.82, 2.24) is 10.3 Å². The number of benzene rings is 2. The van der Waals surface area contributed by atoms with Crippen LogP contribution in [0.5, 0.6) is 5.75 Å². The van der Waals surface area contributed by atoms with Crippen molar-refractivity contribution in [1.29, 1.82) is 0 Å². The molecule has 7 heteroatoms. The fraction of sp³-hybridized carbons (Fsp3) is 0.185. The van der Waals surface area contributed by atoms with E-state index in [1.165, 1.54) is 0 Å². The van der Waals surface area contributed by atoms with Crippen molar-refractivity contribution in [3.63, 3.8) is 0 Å². The van der Waals surface area contributed by atoms with E-state index in [1.54, 1.807) is 6.20 Å². The first-order valence-electron chi connectivity index (χ1n) is 11.2. The largest absolute Gasteiger partial charge is 0.494 e. The van der Waals surface area contributed by atoms with Crippen molar-refractivity contribution >= 4 is 34.6 Å². The number of aromatic nitrogens is 1. The molecule has 1 aliphatic heterocycles. The second kappa shape index (κ2) is 9.49. The van der Waals surface area contributed by atoms with Gasteiger partial charge in [-0.1, -0.05) is 29.8 Å². The summed E-state index contributed by atoms with van der Waals surface area (Å²) in [5.74, 6) is 2.37. The Morgan fingerprint density at radius 1 is 1.06 bits per heavy atom. The van der Waals surface area contributed by atoms with Gasteiger partial charge in [-0.2, -0.15) is 0 Å². The van der Waals surface area contributed by atoms with Gasteiger partial charge in [-0.05, 0) is 86.2 Å². The fourth-order valence-corrected chi connectivity index (χ4v) is 4.84. The second-order valence-corrected chi connectivity index (χ2v) is 8.83. The van der Waals surface area contributed by atoms with Crippen LogP contribution in [0, 0.1) is 6.92 Å². The van der Waals surface area contributed by atoms with Gasteiger partial charge in [0.2, 0.25) is 0 Å². The molecule has 1 saturated heterocycles. The van der Waals surface area contributed by atoms with Crippen LogP contribution in [0.3, 0.4) is 0 Å². The van der Waals surface area contributed by atoms with Crippen molar-refractivity contribution < 1.29 is 9.15 Å². The number of hydrogen-bond acceptors (Lipinski definition) is 4. The number of furan rings is 1. The maximum Gasteiger partial charge on any atom is 0.174 e. The molecule has 1 aliphatic rings. The third kappa shape index (κ3) is 4.15. The molecule has 0 amide bonds. The number of anilines is 1. The van der Waals surface area contributed by atoms with Crippen molar-refractivity contribution in [3.05, 3.63) is 101 Å². The average molecular weight is 490 g/mol. The zero-order valence-electron chi connectivity index (χ0n) is 18.9. The van der Waals surface area contributed by atoms with Crippen LogP contribution in [0.15, 0.2) is 83.4 Å². The number of halogens is 1. The summed E-state index contributed by atoms with van der Waals surface area (Å²) in [6, 6.07) is 23.2. The SMILES string of the molecule is CCOc1ccc(N2C(=S)N[C@@H](c3ccccn3)[C@H]2c2ccc(-c3cccc(Cl)c3C)o2)cc1. The lowest BCUT2D eigenvalue weighted by molar-refractivity contribution is 0.340. The summed E-state index contributed by atoms with van der Waals surface area (Å²) in [6.07, 6.45) is 1.79. The molecule has 0 spiro atoms. The molecule has 2 aromatic heterocycles. The lowest BCUT2D eigenvalue weighted by Gasteiger charge is -2.26. The highest BCUT2D eigenvalue weighted by Gasteiger charge is 2.42. The summed E-state index contributed by atoms with van der Waals surface area (Å²) in [7, 11) is 0. The van der Waals surface area contributed by atoms with Crippen molar-refractivity contribution in [3.8, 4) is 17.1 Å². The third-order valence-electron chi connectivity index (χ3n) is 5.98. The maximum absolute atomic E-state index is 6.45. The van der Waals surface area contributed by atoms with E-state index in [1.807, 2.05) is 86.6 Å². The van der Waals surface area contributed by atoms with Gasteiger partial charge in [0, 0.05) is 22.5 Å². The summed E-state index contributed by atoms with van der Waals surface area (Å²) in [6.45, 7) is 4.58. The second-order valence-electron chi connectivity index (χ2n) is 8.04. The van der Waals surface area contributed by atoms with Gasteiger partial charge in [-0.25, -0.2) is 0 Å². The molecule has 0 aliphatic carbocycles. The van der Waals surface area contributed by atoms with Crippen LogP contribution in [-0.2, 0) is 0 Å². The molecule has 2 aromatic carbocycles. The van der Waals surface area contributed by atoms with Gasteiger partial charge in [0.15, 0.2) is 5.11 Å². The number of hydrogen-bond donors (Lipinski definition) is 1. The minimum atomic E-state index is -0.228. The molecule has 5 rings (SSSR count). The molecule has 1 N–H and O–H groups in total. The quantitative estimate of drug-likeness (QED) is 0.298. The van der Waals surface area contributed by atoms with E-state index < -0.39 is 0 Å². The van der Waals surface area contributed by atoms with Gasteiger partial charge in [0.25, 0.3) is 0 Å². The summed E-state index contributed by atoms with van der Waals surface area (Å²) < 4.78 is 12.1. The highest BCUT2D eigenvalue weighted by atomic mass is 35.5. The van der Waals surface area contributed by atoms with Crippen molar-refractivity contribution in [2.24, 2.45) is 0 Å². The average Bonchev–Trinajstić information content (AvgIpc) is 3.47. The Morgan fingerprint density at radius 3 is 2.62 bits per heavy atom. The van der Waals surface area contributed by atoms with E-state index in [0.29, 0.717) is 16.7 Å². The summed E-state index contributed by atoms with van der Waals surface area (Å²) in [5, 5.41) is 4.78. The molecule has 0 radical (unpaired) electrons. The van der Waals surface area contributed by atoms with E-state index in [9.17, 15) is 0 Å². The molecule has 0 bridgehead atoms. The lowest BCUT2D eigenvalue weighted by atomic mass is 10.0. The minimum absolute atomic E-state index is 0.181. The van der Waals surface area contributed by atoms with Crippen LogP contribution in [0.2, 0.25) is 5.02 Å². The van der Waals surface area contributed by atoms with Gasteiger partial charge in [0.05, 0.1) is 18.3 Å². The zero-order chi connectivity index (χ0) is 23.7. The van der Waals surface area contributed by atoms with E-state index in [0.717, 1.165) is 39.8 Å². The number of pyridine rings is 1. The smallest absolute Gasteiger partial charge is 0.174 e. The molecule has 0 unspecified atom stereocenters. The van der Waals surface area contributed by atoms with Crippen LogP contribution in [0.25, 0.3) is 11.3 Å². The molecular weight excluding hydrogens is 466 g/mol. The molecule has 172 valence electrons. The van der Waals surface area contributed by atoms with Crippen molar-refractivity contribution in [2.75, 3.05) is 11.5 Å². The first-order chi connectivity index (χ1) is 16.6. The first kappa shape index (κ1) is 22.4. The Hall–Kier alpha value is -3.35. The topological polar surface area (TPSA) is 50.5 Å².